The number of nitrogens with zero attached hydrogens (tertiary/aromatic N) is 2. The molecule has 0 atom stereocenters. The largest absolute Gasteiger partial charge is 0.496 e. The van der Waals surface area contributed by atoms with Crippen molar-refractivity contribution in [1.29, 1.82) is 0 Å². The predicted molar refractivity (Wildman–Crippen MR) is 105 cm³/mol. The van der Waals surface area contributed by atoms with E-state index in [0.29, 0.717) is 22.7 Å². The Labute approximate surface area is 162 Å². The van der Waals surface area contributed by atoms with Crippen molar-refractivity contribution < 1.29 is 19.1 Å². The summed E-state index contributed by atoms with van der Waals surface area (Å²) < 4.78 is 11.8. The van der Waals surface area contributed by atoms with E-state index in [9.17, 15) is 9.59 Å². The van der Waals surface area contributed by atoms with Crippen LogP contribution in [-0.2, 0) is 4.74 Å². The molecule has 1 N–H and O–H groups in total. The molecule has 7 nitrogen and oxygen atoms in total. The molecule has 0 aliphatic rings. The standard InChI is InChI=1S/C21H21N3O4/c1-4-28-21(26)18-10-11-24(23-18)16-7-5-6-15(13-16)22-20(25)17-12-14(2)8-9-19(17)27-3/h5-13H,4H2,1-3H3,(H,22,25). The molecule has 0 aliphatic heterocycles. The van der Waals surface area contributed by atoms with Crippen LogP contribution in [0, 0.1) is 6.92 Å². The normalized spacial score (nSPS) is 10.4. The Bertz CT molecular complexity index is 1010. The molecule has 3 aromatic rings. The van der Waals surface area contributed by atoms with E-state index in [4.69, 9.17) is 9.47 Å². The van der Waals surface area contributed by atoms with Gasteiger partial charge in [0.1, 0.15) is 5.75 Å². The molecular weight excluding hydrogens is 358 g/mol. The van der Waals surface area contributed by atoms with Crippen LogP contribution in [-0.4, -0.2) is 35.4 Å². The van der Waals surface area contributed by atoms with Gasteiger partial charge in [-0.2, -0.15) is 5.10 Å². The Kier molecular flexibility index (Phi) is 5.74. The zero-order valence-electron chi connectivity index (χ0n) is 15.9. The minimum atomic E-state index is -0.475. The number of hydrogen-bond donors (Lipinski definition) is 1. The predicted octanol–water partition coefficient (Wildman–Crippen LogP) is 3.62. The summed E-state index contributed by atoms with van der Waals surface area (Å²) in [5.41, 5.74) is 2.93. The lowest BCUT2D eigenvalue weighted by Gasteiger charge is -2.11. The number of amides is 1. The Morgan fingerprint density at radius 2 is 1.96 bits per heavy atom. The van der Waals surface area contributed by atoms with Crippen molar-refractivity contribution in [3.05, 3.63) is 71.5 Å². The van der Waals surface area contributed by atoms with Crippen LogP contribution in [0.25, 0.3) is 5.69 Å². The average Bonchev–Trinajstić information content (AvgIpc) is 3.19. The summed E-state index contributed by atoms with van der Waals surface area (Å²) in [4.78, 5) is 24.5. The number of benzene rings is 2. The zero-order chi connectivity index (χ0) is 20.1. The van der Waals surface area contributed by atoms with Crippen molar-refractivity contribution in [2.75, 3.05) is 19.0 Å². The molecule has 0 spiro atoms. The molecule has 7 heteroatoms. The first-order valence-electron chi connectivity index (χ1n) is 8.81. The summed E-state index contributed by atoms with van der Waals surface area (Å²) >= 11 is 0. The molecule has 144 valence electrons. The fourth-order valence-corrected chi connectivity index (χ4v) is 2.71. The number of methoxy groups -OCH3 is 1. The highest BCUT2D eigenvalue weighted by atomic mass is 16.5. The molecule has 0 unspecified atom stereocenters. The second-order valence-electron chi connectivity index (χ2n) is 6.07. The van der Waals surface area contributed by atoms with Gasteiger partial charge in [-0.25, -0.2) is 9.48 Å². The second-order valence-corrected chi connectivity index (χ2v) is 6.07. The van der Waals surface area contributed by atoms with E-state index in [1.54, 1.807) is 54.2 Å². The third-order valence-electron chi connectivity index (χ3n) is 4.04. The zero-order valence-corrected chi connectivity index (χ0v) is 15.9. The number of rotatable bonds is 6. The van der Waals surface area contributed by atoms with Crippen LogP contribution in [0.4, 0.5) is 5.69 Å². The highest BCUT2D eigenvalue weighted by molar-refractivity contribution is 6.06. The molecule has 0 saturated heterocycles. The van der Waals surface area contributed by atoms with Crippen molar-refractivity contribution in [2.45, 2.75) is 13.8 Å². The molecule has 1 heterocycles. The summed E-state index contributed by atoms with van der Waals surface area (Å²) in [6.45, 7) is 3.94. The topological polar surface area (TPSA) is 82.5 Å². The van der Waals surface area contributed by atoms with E-state index >= 15 is 0 Å². The smallest absolute Gasteiger partial charge is 0.358 e. The summed E-state index contributed by atoms with van der Waals surface area (Å²) in [5, 5.41) is 7.09. The van der Waals surface area contributed by atoms with Crippen LogP contribution >= 0.6 is 0 Å². The number of hydrogen-bond acceptors (Lipinski definition) is 5. The Hall–Kier alpha value is -3.61. The number of carbonyl (C=O) groups is 2. The Morgan fingerprint density at radius 3 is 2.71 bits per heavy atom. The highest BCUT2D eigenvalue weighted by Gasteiger charge is 2.14. The van der Waals surface area contributed by atoms with Crippen molar-refractivity contribution >= 4 is 17.6 Å². The molecule has 28 heavy (non-hydrogen) atoms. The lowest BCUT2D eigenvalue weighted by Crippen LogP contribution is -2.13. The molecular formula is C21H21N3O4. The summed E-state index contributed by atoms with van der Waals surface area (Å²) in [6, 6.07) is 14.2. The van der Waals surface area contributed by atoms with Crippen molar-refractivity contribution in [3.63, 3.8) is 0 Å². The highest BCUT2D eigenvalue weighted by Crippen LogP contribution is 2.22. The molecule has 1 aromatic heterocycles. The lowest BCUT2D eigenvalue weighted by atomic mass is 10.1. The van der Waals surface area contributed by atoms with E-state index in [1.807, 2.05) is 19.1 Å². The van der Waals surface area contributed by atoms with Gasteiger partial charge in [0.05, 0.1) is 25.0 Å². The van der Waals surface area contributed by atoms with Gasteiger partial charge < -0.3 is 14.8 Å². The van der Waals surface area contributed by atoms with Crippen molar-refractivity contribution in [3.8, 4) is 11.4 Å². The Balaban J connectivity index is 1.82. The first-order chi connectivity index (χ1) is 13.5. The van der Waals surface area contributed by atoms with Gasteiger partial charge in [-0.1, -0.05) is 17.7 Å². The summed E-state index contributed by atoms with van der Waals surface area (Å²) in [7, 11) is 1.53. The van der Waals surface area contributed by atoms with E-state index in [2.05, 4.69) is 10.4 Å². The third kappa shape index (κ3) is 4.20. The summed E-state index contributed by atoms with van der Waals surface area (Å²) in [5.74, 6) is -0.243. The minimum Gasteiger partial charge on any atom is -0.496 e. The first-order valence-corrected chi connectivity index (χ1v) is 8.81. The maximum Gasteiger partial charge on any atom is 0.358 e. The molecule has 0 radical (unpaired) electrons. The van der Waals surface area contributed by atoms with Crippen molar-refractivity contribution in [2.24, 2.45) is 0 Å². The van der Waals surface area contributed by atoms with Gasteiger partial charge in [0, 0.05) is 11.9 Å². The Morgan fingerprint density at radius 1 is 1.14 bits per heavy atom. The number of anilines is 1. The van der Waals surface area contributed by atoms with E-state index < -0.39 is 5.97 Å². The maximum absolute atomic E-state index is 12.7. The van der Waals surface area contributed by atoms with Gasteiger partial charge in [0.25, 0.3) is 5.91 Å². The van der Waals surface area contributed by atoms with Crippen LogP contribution in [0.1, 0.15) is 33.3 Å². The fourth-order valence-electron chi connectivity index (χ4n) is 2.71. The van der Waals surface area contributed by atoms with Gasteiger partial charge in [-0.3, -0.25) is 4.79 Å². The monoisotopic (exact) mass is 379 g/mol. The van der Waals surface area contributed by atoms with Crippen LogP contribution in [0.2, 0.25) is 0 Å². The lowest BCUT2D eigenvalue weighted by molar-refractivity contribution is 0.0519. The SMILES string of the molecule is CCOC(=O)c1ccn(-c2cccc(NC(=O)c3cc(C)ccc3OC)c2)n1. The molecule has 0 fully saturated rings. The number of aryl methyl sites for hydroxylation is 1. The van der Waals surface area contributed by atoms with Crippen LogP contribution in [0.5, 0.6) is 5.75 Å². The van der Waals surface area contributed by atoms with E-state index in [1.165, 1.54) is 7.11 Å². The number of carbonyl (C=O) groups excluding carboxylic acids is 2. The van der Waals surface area contributed by atoms with E-state index in [-0.39, 0.29) is 18.2 Å². The van der Waals surface area contributed by atoms with Gasteiger partial charge in [-0.15, -0.1) is 0 Å². The quantitative estimate of drug-likeness (QED) is 0.662. The molecule has 3 rings (SSSR count). The number of esters is 1. The molecule has 0 saturated carbocycles. The first kappa shape index (κ1) is 19.2. The van der Waals surface area contributed by atoms with Crippen molar-refractivity contribution in [1.82, 2.24) is 9.78 Å². The average molecular weight is 379 g/mol. The van der Waals surface area contributed by atoms with Crippen LogP contribution < -0.4 is 10.1 Å². The molecule has 0 bridgehead atoms. The van der Waals surface area contributed by atoms with Crippen LogP contribution in [0.15, 0.2) is 54.7 Å². The van der Waals surface area contributed by atoms with Gasteiger partial charge in [-0.05, 0) is 50.2 Å². The molecule has 2 aromatic carbocycles. The second kappa shape index (κ2) is 8.39. The number of nitrogens with one attached hydrogen (secondary N) is 1. The molecule has 1 amide bonds. The van der Waals surface area contributed by atoms with Gasteiger partial charge in [0.2, 0.25) is 0 Å². The number of ether oxygens (including phenoxy) is 2. The van der Waals surface area contributed by atoms with E-state index in [0.717, 1.165) is 5.56 Å². The van der Waals surface area contributed by atoms with Crippen LogP contribution in [0.3, 0.4) is 0 Å². The number of aromatic nitrogens is 2. The van der Waals surface area contributed by atoms with Gasteiger partial charge in [0.15, 0.2) is 5.69 Å². The fraction of sp³-hybridized carbons (Fsp3) is 0.190. The third-order valence-corrected chi connectivity index (χ3v) is 4.04. The maximum atomic E-state index is 12.7. The summed E-state index contributed by atoms with van der Waals surface area (Å²) in [6.07, 6.45) is 1.66. The molecule has 0 aliphatic carbocycles. The van der Waals surface area contributed by atoms with Gasteiger partial charge >= 0.3 is 5.97 Å². The minimum absolute atomic E-state index is 0.223.